The van der Waals surface area contributed by atoms with Gasteiger partial charge in [0.25, 0.3) is 0 Å². The molecular formula is C11H22N2O3. The van der Waals surface area contributed by atoms with E-state index in [0.29, 0.717) is 13.1 Å². The molecule has 0 saturated heterocycles. The van der Waals surface area contributed by atoms with E-state index in [0.717, 1.165) is 0 Å². The first-order valence-electron chi connectivity index (χ1n) is 5.47. The lowest BCUT2D eigenvalue weighted by molar-refractivity contribution is -0.155. The Kier molecular flexibility index (Phi) is 6.03. The molecule has 0 aliphatic heterocycles. The molecule has 0 aromatic carbocycles. The van der Waals surface area contributed by atoms with Crippen LogP contribution >= 0.6 is 0 Å². The smallest absolute Gasteiger partial charge is 0.307 e. The molecule has 0 spiro atoms. The number of amides is 1. The van der Waals surface area contributed by atoms with Gasteiger partial charge in [-0.15, -0.1) is 0 Å². The Hall–Kier alpha value is -1.10. The maximum absolute atomic E-state index is 11.4. The second-order valence-electron chi connectivity index (χ2n) is 4.67. The van der Waals surface area contributed by atoms with E-state index in [1.165, 1.54) is 0 Å². The number of likely N-dealkylation sites (N-methyl/N-ethyl adjacent to an activating group) is 1. The monoisotopic (exact) mass is 230 g/mol. The van der Waals surface area contributed by atoms with Gasteiger partial charge in [0, 0.05) is 6.54 Å². The summed E-state index contributed by atoms with van der Waals surface area (Å²) in [6.07, 6.45) is 0.276. The molecular weight excluding hydrogens is 208 g/mol. The maximum Gasteiger partial charge on any atom is 0.307 e. The highest BCUT2D eigenvalue weighted by Gasteiger charge is 2.17. The second kappa shape index (κ2) is 6.48. The summed E-state index contributed by atoms with van der Waals surface area (Å²) in [6, 6.07) is 0. The highest BCUT2D eigenvalue weighted by atomic mass is 16.6. The minimum Gasteiger partial charge on any atom is -0.460 e. The topological polar surface area (TPSA) is 72.6 Å². The summed E-state index contributed by atoms with van der Waals surface area (Å²) < 4.78 is 5.16. The fraction of sp³-hybridized carbons (Fsp3) is 0.818. The molecule has 5 heteroatoms. The van der Waals surface area contributed by atoms with Gasteiger partial charge < -0.3 is 10.5 Å². The van der Waals surface area contributed by atoms with Gasteiger partial charge >= 0.3 is 5.97 Å². The van der Waals surface area contributed by atoms with Gasteiger partial charge in [-0.3, -0.25) is 14.5 Å². The van der Waals surface area contributed by atoms with E-state index in [9.17, 15) is 9.59 Å². The molecule has 2 N–H and O–H groups in total. The van der Waals surface area contributed by atoms with Crippen LogP contribution in [0.15, 0.2) is 0 Å². The highest BCUT2D eigenvalue weighted by molar-refractivity contribution is 5.76. The molecule has 0 aromatic heterocycles. The number of ether oxygens (including phenoxy) is 1. The molecule has 5 nitrogen and oxygen atoms in total. The van der Waals surface area contributed by atoms with Crippen LogP contribution in [0.25, 0.3) is 0 Å². The Morgan fingerprint density at radius 3 is 2.25 bits per heavy atom. The zero-order chi connectivity index (χ0) is 12.8. The van der Waals surface area contributed by atoms with Crippen molar-refractivity contribution in [2.45, 2.75) is 39.7 Å². The predicted molar refractivity (Wildman–Crippen MR) is 61.8 cm³/mol. The summed E-state index contributed by atoms with van der Waals surface area (Å²) >= 11 is 0. The van der Waals surface area contributed by atoms with Gasteiger partial charge in [-0.2, -0.15) is 0 Å². The molecule has 0 aromatic rings. The first-order chi connectivity index (χ1) is 7.24. The van der Waals surface area contributed by atoms with Crippen molar-refractivity contribution in [1.82, 2.24) is 4.90 Å². The van der Waals surface area contributed by atoms with Crippen LogP contribution in [0.5, 0.6) is 0 Å². The third-order valence-electron chi connectivity index (χ3n) is 1.88. The zero-order valence-electron chi connectivity index (χ0n) is 10.6. The lowest BCUT2D eigenvalue weighted by Crippen LogP contribution is -2.36. The number of primary amides is 1. The molecule has 1 amide bonds. The Bertz CT molecular complexity index is 246. The lowest BCUT2D eigenvalue weighted by Gasteiger charge is -2.22. The van der Waals surface area contributed by atoms with Crippen LogP contribution in [-0.2, 0) is 14.3 Å². The second-order valence-corrected chi connectivity index (χ2v) is 4.67. The number of rotatable bonds is 6. The SMILES string of the molecule is CCN(CCC(=O)OC(C)(C)C)CC(N)=O. The fourth-order valence-electron chi connectivity index (χ4n) is 1.21. The molecule has 94 valence electrons. The van der Waals surface area contributed by atoms with Gasteiger partial charge in [0.1, 0.15) is 5.60 Å². The molecule has 0 rings (SSSR count). The number of carbonyl (C=O) groups is 2. The van der Waals surface area contributed by atoms with E-state index in [-0.39, 0.29) is 24.8 Å². The standard InChI is InChI=1S/C11H22N2O3/c1-5-13(8-9(12)14)7-6-10(15)16-11(2,3)4/h5-8H2,1-4H3,(H2,12,14). The van der Waals surface area contributed by atoms with Crippen LogP contribution in [-0.4, -0.2) is 42.0 Å². The van der Waals surface area contributed by atoms with Gasteiger partial charge in [-0.25, -0.2) is 0 Å². The number of carbonyl (C=O) groups excluding carboxylic acids is 2. The number of hydrogen-bond acceptors (Lipinski definition) is 4. The lowest BCUT2D eigenvalue weighted by atomic mass is 10.2. The summed E-state index contributed by atoms with van der Waals surface area (Å²) in [7, 11) is 0. The third kappa shape index (κ3) is 8.23. The normalized spacial score (nSPS) is 11.6. The van der Waals surface area contributed by atoms with Gasteiger partial charge in [-0.1, -0.05) is 6.92 Å². The molecule has 0 aliphatic carbocycles. The molecule has 0 unspecified atom stereocenters. The van der Waals surface area contributed by atoms with Crippen molar-refractivity contribution in [3.8, 4) is 0 Å². The maximum atomic E-state index is 11.4. The number of nitrogens with two attached hydrogens (primary N) is 1. The first-order valence-corrected chi connectivity index (χ1v) is 5.47. The van der Waals surface area contributed by atoms with Crippen molar-refractivity contribution in [3.63, 3.8) is 0 Å². The van der Waals surface area contributed by atoms with Crippen LogP contribution in [0.1, 0.15) is 34.1 Å². The minimum atomic E-state index is -0.461. The van der Waals surface area contributed by atoms with Crippen molar-refractivity contribution in [3.05, 3.63) is 0 Å². The van der Waals surface area contributed by atoms with E-state index in [1.807, 2.05) is 32.6 Å². The van der Waals surface area contributed by atoms with Crippen molar-refractivity contribution >= 4 is 11.9 Å². The molecule has 0 fully saturated rings. The molecule has 0 atom stereocenters. The molecule has 16 heavy (non-hydrogen) atoms. The Morgan fingerprint density at radius 1 is 1.31 bits per heavy atom. The van der Waals surface area contributed by atoms with E-state index < -0.39 is 5.60 Å². The van der Waals surface area contributed by atoms with E-state index in [4.69, 9.17) is 10.5 Å². The number of hydrogen-bond donors (Lipinski definition) is 1. The minimum absolute atomic E-state index is 0.180. The summed E-state index contributed by atoms with van der Waals surface area (Å²) in [6.45, 7) is 8.75. The van der Waals surface area contributed by atoms with Crippen LogP contribution in [0.2, 0.25) is 0 Å². The Balaban J connectivity index is 3.93. The quantitative estimate of drug-likeness (QED) is 0.675. The fourth-order valence-corrected chi connectivity index (χ4v) is 1.21. The van der Waals surface area contributed by atoms with Gasteiger partial charge in [0.15, 0.2) is 0 Å². The molecule has 0 bridgehead atoms. The van der Waals surface area contributed by atoms with Gasteiger partial charge in [0.05, 0.1) is 13.0 Å². The average Bonchev–Trinajstić information content (AvgIpc) is 2.08. The largest absolute Gasteiger partial charge is 0.460 e. The van der Waals surface area contributed by atoms with Crippen LogP contribution in [0.4, 0.5) is 0 Å². The molecule has 0 radical (unpaired) electrons. The van der Waals surface area contributed by atoms with E-state index >= 15 is 0 Å². The van der Waals surface area contributed by atoms with Crippen LogP contribution < -0.4 is 5.73 Å². The number of nitrogens with zero attached hydrogens (tertiary/aromatic N) is 1. The summed E-state index contributed by atoms with van der Waals surface area (Å²) in [5, 5.41) is 0. The Labute approximate surface area is 96.9 Å². The van der Waals surface area contributed by atoms with Crippen LogP contribution in [0.3, 0.4) is 0 Å². The summed E-state index contributed by atoms with van der Waals surface area (Å²) in [5.41, 5.74) is 4.62. The highest BCUT2D eigenvalue weighted by Crippen LogP contribution is 2.08. The summed E-state index contributed by atoms with van der Waals surface area (Å²) in [5.74, 6) is -0.638. The third-order valence-corrected chi connectivity index (χ3v) is 1.88. The van der Waals surface area contributed by atoms with Crippen molar-refractivity contribution in [2.75, 3.05) is 19.6 Å². The van der Waals surface area contributed by atoms with Gasteiger partial charge in [-0.05, 0) is 27.3 Å². The summed E-state index contributed by atoms with van der Waals surface area (Å²) in [4.78, 5) is 23.9. The first kappa shape index (κ1) is 14.9. The molecule has 0 aliphatic rings. The van der Waals surface area contributed by atoms with Crippen LogP contribution in [0, 0.1) is 0 Å². The Morgan fingerprint density at radius 2 is 1.88 bits per heavy atom. The van der Waals surface area contributed by atoms with Gasteiger partial charge in [0.2, 0.25) is 5.91 Å². The average molecular weight is 230 g/mol. The van der Waals surface area contributed by atoms with Crippen molar-refractivity contribution < 1.29 is 14.3 Å². The number of esters is 1. The van der Waals surface area contributed by atoms with E-state index in [1.54, 1.807) is 0 Å². The molecule has 0 heterocycles. The predicted octanol–water partition coefficient (Wildman–Crippen LogP) is 0.525. The molecule has 0 saturated carbocycles. The van der Waals surface area contributed by atoms with Crippen molar-refractivity contribution in [2.24, 2.45) is 5.73 Å². The van der Waals surface area contributed by atoms with Crippen molar-refractivity contribution in [1.29, 1.82) is 0 Å². The van der Waals surface area contributed by atoms with E-state index in [2.05, 4.69) is 0 Å². The zero-order valence-corrected chi connectivity index (χ0v) is 10.6.